The lowest BCUT2D eigenvalue weighted by Crippen LogP contribution is -2.24. The summed E-state index contributed by atoms with van der Waals surface area (Å²) in [6.45, 7) is 1.45. The molecular formula is C18H17N3O4. The van der Waals surface area contributed by atoms with Crippen molar-refractivity contribution in [1.29, 1.82) is 0 Å². The van der Waals surface area contributed by atoms with Crippen molar-refractivity contribution in [2.24, 2.45) is 5.10 Å². The first-order valence-electron chi connectivity index (χ1n) is 7.75. The van der Waals surface area contributed by atoms with Gasteiger partial charge in [0.05, 0.1) is 23.8 Å². The highest BCUT2D eigenvalue weighted by molar-refractivity contribution is 6.03. The summed E-state index contributed by atoms with van der Waals surface area (Å²) in [5, 5.41) is 16.8. The molecule has 2 aromatic rings. The number of nitro groups is 1. The molecule has 1 aliphatic heterocycles. The molecule has 128 valence electrons. The molecule has 0 aliphatic carbocycles. The van der Waals surface area contributed by atoms with Crippen LogP contribution in [-0.4, -0.2) is 28.7 Å². The molecule has 0 saturated carbocycles. The molecular weight excluding hydrogens is 322 g/mol. The van der Waals surface area contributed by atoms with Gasteiger partial charge in [-0.25, -0.2) is 5.01 Å². The van der Waals surface area contributed by atoms with Crippen LogP contribution in [0.3, 0.4) is 0 Å². The zero-order chi connectivity index (χ0) is 18.0. The van der Waals surface area contributed by atoms with Gasteiger partial charge < -0.3 is 4.74 Å². The molecule has 0 bridgehead atoms. The third-order valence-electron chi connectivity index (χ3n) is 4.12. The van der Waals surface area contributed by atoms with E-state index in [-0.39, 0.29) is 17.6 Å². The molecule has 0 fully saturated rings. The Kier molecular flexibility index (Phi) is 4.47. The molecule has 1 aliphatic rings. The lowest BCUT2D eigenvalue weighted by Gasteiger charge is -2.20. The minimum absolute atomic E-state index is 0.00229. The van der Waals surface area contributed by atoms with E-state index in [9.17, 15) is 14.9 Å². The molecule has 0 saturated heterocycles. The molecule has 25 heavy (non-hydrogen) atoms. The number of rotatable bonds is 4. The number of nitro benzene ring substituents is 1. The highest BCUT2D eigenvalue weighted by Crippen LogP contribution is 2.34. The van der Waals surface area contributed by atoms with Gasteiger partial charge in [0, 0.05) is 31.0 Å². The van der Waals surface area contributed by atoms with Crippen molar-refractivity contribution in [1.82, 2.24) is 5.01 Å². The van der Waals surface area contributed by atoms with E-state index in [1.807, 2.05) is 24.3 Å². The average molecular weight is 339 g/mol. The Morgan fingerprint density at radius 2 is 2.00 bits per heavy atom. The van der Waals surface area contributed by atoms with Gasteiger partial charge in [0.2, 0.25) is 5.91 Å². The number of hydrogen-bond donors (Lipinski definition) is 0. The minimum atomic E-state index is -0.442. The van der Waals surface area contributed by atoms with Crippen molar-refractivity contribution in [3.63, 3.8) is 0 Å². The van der Waals surface area contributed by atoms with Crippen molar-refractivity contribution >= 4 is 17.3 Å². The molecule has 0 N–H and O–H groups in total. The van der Waals surface area contributed by atoms with E-state index in [2.05, 4.69) is 5.10 Å². The van der Waals surface area contributed by atoms with Crippen LogP contribution in [0.1, 0.15) is 30.5 Å². The summed E-state index contributed by atoms with van der Waals surface area (Å²) in [6, 6.07) is 13.5. The quantitative estimate of drug-likeness (QED) is 0.632. The lowest BCUT2D eigenvalue weighted by molar-refractivity contribution is -0.384. The number of methoxy groups -OCH3 is 1. The van der Waals surface area contributed by atoms with Gasteiger partial charge in [0.15, 0.2) is 0 Å². The van der Waals surface area contributed by atoms with Crippen molar-refractivity contribution in [3.8, 4) is 5.75 Å². The summed E-state index contributed by atoms with van der Waals surface area (Å²) < 4.78 is 5.16. The SMILES string of the molecule is COc1ccc(C2CC(c3cccc([N+](=O)[O-])c3)=NN2C(C)=O)cc1. The molecule has 0 radical (unpaired) electrons. The van der Waals surface area contributed by atoms with Gasteiger partial charge in [-0.2, -0.15) is 5.10 Å². The minimum Gasteiger partial charge on any atom is -0.497 e. The Bertz CT molecular complexity index is 846. The molecule has 1 unspecified atom stereocenters. The fourth-order valence-corrected chi connectivity index (χ4v) is 2.86. The fraction of sp³-hybridized carbons (Fsp3) is 0.222. The van der Waals surface area contributed by atoms with Crippen molar-refractivity contribution in [2.75, 3.05) is 7.11 Å². The number of carbonyl (C=O) groups excluding carboxylic acids is 1. The first-order chi connectivity index (χ1) is 12.0. The Hall–Kier alpha value is -3.22. The van der Waals surface area contributed by atoms with E-state index in [0.29, 0.717) is 17.7 Å². The van der Waals surface area contributed by atoms with Crippen LogP contribution in [-0.2, 0) is 4.79 Å². The number of hydrazone groups is 1. The molecule has 0 aromatic heterocycles. The molecule has 0 spiro atoms. The second-order valence-corrected chi connectivity index (χ2v) is 5.71. The summed E-state index contributed by atoms with van der Waals surface area (Å²) in [6.07, 6.45) is 0.493. The zero-order valence-electron chi connectivity index (χ0n) is 13.9. The van der Waals surface area contributed by atoms with E-state index in [1.54, 1.807) is 19.2 Å². The van der Waals surface area contributed by atoms with Gasteiger partial charge in [-0.1, -0.05) is 24.3 Å². The Morgan fingerprint density at radius 3 is 2.60 bits per heavy atom. The zero-order valence-corrected chi connectivity index (χ0v) is 13.9. The van der Waals surface area contributed by atoms with Crippen molar-refractivity contribution in [3.05, 3.63) is 69.8 Å². The van der Waals surface area contributed by atoms with Crippen LogP contribution in [0.15, 0.2) is 53.6 Å². The van der Waals surface area contributed by atoms with Crippen LogP contribution in [0.25, 0.3) is 0 Å². The Balaban J connectivity index is 1.92. The van der Waals surface area contributed by atoms with E-state index >= 15 is 0 Å². The molecule has 1 heterocycles. The number of non-ortho nitro benzene ring substituents is 1. The van der Waals surface area contributed by atoms with Crippen LogP contribution in [0.2, 0.25) is 0 Å². The number of benzene rings is 2. The number of nitrogens with zero attached hydrogens (tertiary/aromatic N) is 3. The van der Waals surface area contributed by atoms with E-state index in [4.69, 9.17) is 4.74 Å². The maximum absolute atomic E-state index is 12.0. The number of ether oxygens (including phenoxy) is 1. The summed E-state index contributed by atoms with van der Waals surface area (Å²) in [4.78, 5) is 22.5. The second-order valence-electron chi connectivity index (χ2n) is 5.71. The van der Waals surface area contributed by atoms with Gasteiger partial charge in [-0.3, -0.25) is 14.9 Å². The fourth-order valence-electron chi connectivity index (χ4n) is 2.86. The van der Waals surface area contributed by atoms with Gasteiger partial charge in [0.1, 0.15) is 5.75 Å². The summed E-state index contributed by atoms with van der Waals surface area (Å²) in [7, 11) is 1.59. The Morgan fingerprint density at radius 1 is 1.28 bits per heavy atom. The van der Waals surface area contributed by atoms with Crippen LogP contribution in [0.4, 0.5) is 5.69 Å². The lowest BCUT2D eigenvalue weighted by atomic mass is 9.98. The van der Waals surface area contributed by atoms with Gasteiger partial charge >= 0.3 is 0 Å². The second kappa shape index (κ2) is 6.72. The van der Waals surface area contributed by atoms with Crippen molar-refractivity contribution in [2.45, 2.75) is 19.4 Å². The van der Waals surface area contributed by atoms with Gasteiger partial charge in [-0.15, -0.1) is 0 Å². The molecule has 7 heteroatoms. The van der Waals surface area contributed by atoms with E-state index in [1.165, 1.54) is 24.1 Å². The summed E-state index contributed by atoms with van der Waals surface area (Å²) >= 11 is 0. The predicted octanol–water partition coefficient (Wildman–Crippen LogP) is 3.30. The third-order valence-corrected chi connectivity index (χ3v) is 4.12. The maximum Gasteiger partial charge on any atom is 0.270 e. The molecule has 7 nitrogen and oxygen atoms in total. The summed E-state index contributed by atoms with van der Waals surface area (Å²) in [5.74, 6) is 0.553. The monoisotopic (exact) mass is 339 g/mol. The normalized spacial score (nSPS) is 16.5. The molecule has 3 rings (SSSR count). The predicted molar refractivity (Wildman–Crippen MR) is 92.5 cm³/mol. The van der Waals surface area contributed by atoms with Crippen LogP contribution >= 0.6 is 0 Å². The molecule has 1 atom stereocenters. The van der Waals surface area contributed by atoms with Gasteiger partial charge in [-0.05, 0) is 17.7 Å². The van der Waals surface area contributed by atoms with E-state index < -0.39 is 4.92 Å². The highest BCUT2D eigenvalue weighted by Gasteiger charge is 2.31. The number of amides is 1. The number of hydrogen-bond acceptors (Lipinski definition) is 5. The van der Waals surface area contributed by atoms with Crippen LogP contribution < -0.4 is 4.74 Å². The third kappa shape index (κ3) is 3.35. The standard InChI is InChI=1S/C18H17N3O4/c1-12(22)20-18(13-6-8-16(25-2)9-7-13)11-17(19-20)14-4-3-5-15(10-14)21(23)24/h3-10,18H,11H2,1-2H3. The average Bonchev–Trinajstić information content (AvgIpc) is 3.07. The first kappa shape index (κ1) is 16.6. The highest BCUT2D eigenvalue weighted by atomic mass is 16.6. The largest absolute Gasteiger partial charge is 0.497 e. The maximum atomic E-state index is 12.0. The molecule has 2 aromatic carbocycles. The van der Waals surface area contributed by atoms with Crippen LogP contribution in [0, 0.1) is 10.1 Å². The Labute approximate surface area is 144 Å². The van der Waals surface area contributed by atoms with E-state index in [0.717, 1.165) is 11.3 Å². The smallest absolute Gasteiger partial charge is 0.270 e. The number of carbonyl (C=O) groups is 1. The van der Waals surface area contributed by atoms with Gasteiger partial charge in [0.25, 0.3) is 5.69 Å². The molecule has 1 amide bonds. The first-order valence-corrected chi connectivity index (χ1v) is 7.75. The van der Waals surface area contributed by atoms with Crippen LogP contribution in [0.5, 0.6) is 5.75 Å². The summed E-state index contributed by atoms with van der Waals surface area (Å²) in [5.41, 5.74) is 2.24. The topological polar surface area (TPSA) is 85.0 Å². The van der Waals surface area contributed by atoms with Crippen molar-refractivity contribution < 1.29 is 14.5 Å².